The average molecular weight is 309 g/mol. The SMILES string of the molecule is C.C=CCOC(CC)CC.CCC(CC)OCC=O.S. The number of hydrogen-bond donors (Lipinski definition) is 0. The summed E-state index contributed by atoms with van der Waals surface area (Å²) >= 11 is 0. The molecule has 0 unspecified atom stereocenters. The van der Waals surface area contributed by atoms with Gasteiger partial charge in [0.1, 0.15) is 12.9 Å². The molecule has 0 aromatic rings. The first-order valence-corrected chi connectivity index (χ1v) is 6.97. The highest BCUT2D eigenvalue weighted by Gasteiger charge is 2.00. The Bertz CT molecular complexity index is 159. The topological polar surface area (TPSA) is 35.5 Å². The van der Waals surface area contributed by atoms with Crippen LogP contribution in [0.2, 0.25) is 0 Å². The van der Waals surface area contributed by atoms with Gasteiger partial charge in [-0.1, -0.05) is 41.2 Å². The molecule has 124 valence electrons. The summed E-state index contributed by atoms with van der Waals surface area (Å²) in [7, 11) is 0. The van der Waals surface area contributed by atoms with E-state index in [1.54, 1.807) is 6.08 Å². The molecule has 3 nitrogen and oxygen atoms in total. The van der Waals surface area contributed by atoms with Crippen molar-refractivity contribution in [3.8, 4) is 0 Å². The third-order valence-corrected chi connectivity index (χ3v) is 2.67. The van der Waals surface area contributed by atoms with Crippen molar-refractivity contribution in [2.75, 3.05) is 13.2 Å². The summed E-state index contributed by atoms with van der Waals surface area (Å²) in [6.07, 6.45) is 7.47. The second kappa shape index (κ2) is 23.7. The first kappa shape index (κ1) is 27.9. The molecule has 0 heterocycles. The summed E-state index contributed by atoms with van der Waals surface area (Å²) in [5.41, 5.74) is 0. The molecule has 0 aliphatic carbocycles. The van der Waals surface area contributed by atoms with Crippen LogP contribution in [0, 0.1) is 0 Å². The standard InChI is InChI=1S/C8H16O.C7H14O2.CH4.H2S/c1-4-7-9-8(5-2)6-3;1-3-7(4-2)9-6-5-8;;/h4,8H,1,5-7H2,2-3H3;5,7H,3-4,6H2,1-2H3;1H4;1H2. The van der Waals surface area contributed by atoms with E-state index in [0.29, 0.717) is 12.7 Å². The van der Waals surface area contributed by atoms with E-state index in [-0.39, 0.29) is 33.6 Å². The van der Waals surface area contributed by atoms with E-state index >= 15 is 0 Å². The Hall–Kier alpha value is -0.320. The zero-order valence-electron chi connectivity index (χ0n) is 13.0. The van der Waals surface area contributed by atoms with E-state index in [2.05, 4.69) is 34.3 Å². The van der Waals surface area contributed by atoms with Crippen molar-refractivity contribution in [2.24, 2.45) is 0 Å². The van der Waals surface area contributed by atoms with E-state index < -0.39 is 0 Å². The van der Waals surface area contributed by atoms with E-state index in [1.807, 2.05) is 0 Å². The van der Waals surface area contributed by atoms with Crippen LogP contribution < -0.4 is 0 Å². The van der Waals surface area contributed by atoms with Crippen LogP contribution in [-0.4, -0.2) is 31.7 Å². The number of aldehydes is 1. The lowest BCUT2D eigenvalue weighted by molar-refractivity contribution is -0.113. The molecule has 0 N–H and O–H groups in total. The minimum atomic E-state index is 0. The van der Waals surface area contributed by atoms with Gasteiger partial charge in [-0.15, -0.1) is 6.58 Å². The molecular weight excluding hydrogens is 272 g/mol. The van der Waals surface area contributed by atoms with Gasteiger partial charge in [-0.25, -0.2) is 0 Å². The predicted molar refractivity (Wildman–Crippen MR) is 94.0 cm³/mol. The first-order valence-electron chi connectivity index (χ1n) is 6.97. The molecule has 0 radical (unpaired) electrons. The lowest BCUT2D eigenvalue weighted by Gasteiger charge is -2.10. The Morgan fingerprint density at radius 2 is 1.25 bits per heavy atom. The van der Waals surface area contributed by atoms with E-state index in [1.165, 1.54) is 0 Å². The van der Waals surface area contributed by atoms with Gasteiger partial charge in [-0.3, -0.25) is 0 Å². The Labute approximate surface area is 133 Å². The Morgan fingerprint density at radius 3 is 1.50 bits per heavy atom. The van der Waals surface area contributed by atoms with Gasteiger partial charge in [0.2, 0.25) is 0 Å². The summed E-state index contributed by atoms with van der Waals surface area (Å²) < 4.78 is 10.5. The van der Waals surface area contributed by atoms with Gasteiger partial charge in [0, 0.05) is 0 Å². The molecule has 0 aromatic carbocycles. The summed E-state index contributed by atoms with van der Waals surface area (Å²) in [6.45, 7) is 12.9. The monoisotopic (exact) mass is 308 g/mol. The van der Waals surface area contributed by atoms with E-state index in [4.69, 9.17) is 9.47 Å². The molecule has 0 fully saturated rings. The van der Waals surface area contributed by atoms with Crippen LogP contribution in [0.5, 0.6) is 0 Å². The lowest BCUT2D eigenvalue weighted by atomic mass is 10.2. The van der Waals surface area contributed by atoms with Crippen molar-refractivity contribution < 1.29 is 14.3 Å². The fourth-order valence-electron chi connectivity index (χ4n) is 1.43. The molecule has 0 spiro atoms. The van der Waals surface area contributed by atoms with Crippen LogP contribution in [0.4, 0.5) is 0 Å². The van der Waals surface area contributed by atoms with Crippen molar-refractivity contribution in [3.63, 3.8) is 0 Å². The number of carbonyl (C=O) groups excluding carboxylic acids is 1. The van der Waals surface area contributed by atoms with Crippen molar-refractivity contribution >= 4 is 19.8 Å². The van der Waals surface area contributed by atoms with Crippen LogP contribution in [0.15, 0.2) is 12.7 Å². The van der Waals surface area contributed by atoms with Gasteiger partial charge in [-0.2, -0.15) is 13.5 Å². The molecular formula is C16H36O3S. The Morgan fingerprint density at radius 1 is 0.900 bits per heavy atom. The molecule has 4 heteroatoms. The van der Waals surface area contributed by atoms with Gasteiger partial charge in [0.15, 0.2) is 0 Å². The van der Waals surface area contributed by atoms with E-state index in [9.17, 15) is 4.79 Å². The summed E-state index contributed by atoms with van der Waals surface area (Å²) in [4.78, 5) is 9.82. The van der Waals surface area contributed by atoms with Crippen LogP contribution in [-0.2, 0) is 14.3 Å². The molecule has 0 aromatic heterocycles. The van der Waals surface area contributed by atoms with Gasteiger partial charge in [0.25, 0.3) is 0 Å². The molecule has 0 aliphatic rings. The van der Waals surface area contributed by atoms with Crippen molar-refractivity contribution in [3.05, 3.63) is 12.7 Å². The zero-order chi connectivity index (χ0) is 14.2. The molecule has 0 bridgehead atoms. The van der Waals surface area contributed by atoms with Crippen molar-refractivity contribution in [1.82, 2.24) is 0 Å². The third kappa shape index (κ3) is 20.0. The molecule has 0 atom stereocenters. The molecule has 0 rings (SSSR count). The number of rotatable bonds is 10. The minimum Gasteiger partial charge on any atom is -0.374 e. The second-order valence-electron chi connectivity index (χ2n) is 4.00. The Kier molecular flexibility index (Phi) is 33.2. The first-order chi connectivity index (χ1) is 8.69. The minimum absolute atomic E-state index is 0. The summed E-state index contributed by atoms with van der Waals surface area (Å²) in [5.74, 6) is 0. The summed E-state index contributed by atoms with van der Waals surface area (Å²) in [5, 5.41) is 0. The molecule has 0 aliphatic heterocycles. The maximum absolute atomic E-state index is 9.82. The molecule has 20 heavy (non-hydrogen) atoms. The van der Waals surface area contributed by atoms with Crippen molar-refractivity contribution in [2.45, 2.75) is 73.0 Å². The van der Waals surface area contributed by atoms with Crippen molar-refractivity contribution in [1.29, 1.82) is 0 Å². The van der Waals surface area contributed by atoms with E-state index in [0.717, 1.165) is 32.0 Å². The smallest absolute Gasteiger partial charge is 0.145 e. The third-order valence-electron chi connectivity index (χ3n) is 2.67. The van der Waals surface area contributed by atoms with Gasteiger partial charge in [-0.05, 0) is 25.7 Å². The lowest BCUT2D eigenvalue weighted by Crippen LogP contribution is -2.11. The number of ether oxygens (including phenoxy) is 2. The maximum atomic E-state index is 9.82. The highest BCUT2D eigenvalue weighted by Crippen LogP contribution is 2.01. The largest absolute Gasteiger partial charge is 0.374 e. The highest BCUT2D eigenvalue weighted by atomic mass is 32.1. The normalized spacial score (nSPS) is 9.10. The quantitative estimate of drug-likeness (QED) is 0.440. The van der Waals surface area contributed by atoms with Gasteiger partial charge < -0.3 is 14.3 Å². The number of hydrogen-bond acceptors (Lipinski definition) is 3. The van der Waals surface area contributed by atoms with Gasteiger partial charge >= 0.3 is 0 Å². The summed E-state index contributed by atoms with van der Waals surface area (Å²) in [6, 6.07) is 0. The average Bonchev–Trinajstić information content (AvgIpc) is 2.42. The van der Waals surface area contributed by atoms with Crippen LogP contribution in [0.1, 0.15) is 60.8 Å². The Balaban J connectivity index is -0.000000116. The number of carbonyl (C=O) groups is 1. The molecule has 0 saturated heterocycles. The fourth-order valence-corrected chi connectivity index (χ4v) is 1.43. The predicted octanol–water partition coefficient (Wildman–Crippen LogP) is 4.52. The molecule has 0 saturated carbocycles. The van der Waals surface area contributed by atoms with Crippen LogP contribution in [0.25, 0.3) is 0 Å². The molecule has 0 amide bonds. The van der Waals surface area contributed by atoms with Crippen LogP contribution >= 0.6 is 13.5 Å². The van der Waals surface area contributed by atoms with Crippen LogP contribution in [0.3, 0.4) is 0 Å². The maximum Gasteiger partial charge on any atom is 0.145 e. The van der Waals surface area contributed by atoms with Gasteiger partial charge in [0.05, 0.1) is 18.8 Å². The zero-order valence-corrected chi connectivity index (χ0v) is 14.0. The second-order valence-corrected chi connectivity index (χ2v) is 4.00. The highest BCUT2D eigenvalue weighted by molar-refractivity contribution is 7.59. The fraction of sp³-hybridized carbons (Fsp3) is 0.812.